The van der Waals surface area contributed by atoms with Gasteiger partial charge in [-0.05, 0) is 77.9 Å². The molecule has 12 heteroatoms. The molecule has 3 atom stereocenters. The predicted octanol–water partition coefficient (Wildman–Crippen LogP) is 6.27. The number of aromatic hydroxyl groups is 3. The molecule has 3 unspecified atom stereocenters. The summed E-state index contributed by atoms with van der Waals surface area (Å²) in [5.41, 5.74) is 0.809. The second-order valence-electron chi connectivity index (χ2n) is 9.77. The first-order chi connectivity index (χ1) is 21.6. The standard InChI is InChI=1S/C33H39N3O9/c1-7-40-19(4)43-22-10-13-25(28(37)16-22)31-34-32(26-14-11-23(17-29(26)38)44-20(5)41-8-2)36-33(35-31)27-15-12-24(18-30(27)39)45-21(6)42-9-3/h10-21,37-39H,7-9H2,1-6H3. The monoisotopic (exact) mass is 621 g/mol. The summed E-state index contributed by atoms with van der Waals surface area (Å²) >= 11 is 0. The molecule has 45 heavy (non-hydrogen) atoms. The molecule has 12 nitrogen and oxygen atoms in total. The Labute approximate surface area is 262 Å². The zero-order valence-corrected chi connectivity index (χ0v) is 26.2. The highest BCUT2D eigenvalue weighted by Gasteiger charge is 2.20. The number of hydrogen-bond donors (Lipinski definition) is 3. The molecule has 0 aliphatic carbocycles. The number of rotatable bonds is 15. The Kier molecular flexibility index (Phi) is 11.4. The van der Waals surface area contributed by atoms with Gasteiger partial charge in [0.25, 0.3) is 0 Å². The van der Waals surface area contributed by atoms with Gasteiger partial charge in [-0.1, -0.05) is 0 Å². The van der Waals surface area contributed by atoms with Gasteiger partial charge in [-0.3, -0.25) is 0 Å². The lowest BCUT2D eigenvalue weighted by atomic mass is 10.1. The van der Waals surface area contributed by atoms with Crippen LogP contribution < -0.4 is 14.2 Å². The van der Waals surface area contributed by atoms with E-state index in [1.807, 2.05) is 20.8 Å². The SMILES string of the molecule is CCOC(C)Oc1ccc(-c2nc(-c3ccc(OC(C)OCC)cc3O)nc(-c3ccc(OC(C)OCC)cc3O)n2)c(O)c1. The van der Waals surface area contributed by atoms with E-state index in [2.05, 4.69) is 15.0 Å². The van der Waals surface area contributed by atoms with Crippen LogP contribution in [-0.4, -0.2) is 69.0 Å². The van der Waals surface area contributed by atoms with Gasteiger partial charge in [0.05, 0.1) is 16.7 Å². The van der Waals surface area contributed by atoms with Crippen LogP contribution in [0.15, 0.2) is 54.6 Å². The number of ether oxygens (including phenoxy) is 6. The highest BCUT2D eigenvalue weighted by molar-refractivity contribution is 5.74. The van der Waals surface area contributed by atoms with E-state index in [9.17, 15) is 15.3 Å². The van der Waals surface area contributed by atoms with Crippen LogP contribution >= 0.6 is 0 Å². The Hall–Kier alpha value is -4.65. The minimum absolute atomic E-state index is 0.0892. The van der Waals surface area contributed by atoms with E-state index in [1.54, 1.807) is 57.2 Å². The third-order valence-corrected chi connectivity index (χ3v) is 6.38. The van der Waals surface area contributed by atoms with Gasteiger partial charge in [-0.2, -0.15) is 0 Å². The second-order valence-corrected chi connectivity index (χ2v) is 9.77. The van der Waals surface area contributed by atoms with Crippen molar-refractivity contribution in [3.05, 3.63) is 54.6 Å². The van der Waals surface area contributed by atoms with Gasteiger partial charge in [0.1, 0.15) is 34.5 Å². The first-order valence-electron chi connectivity index (χ1n) is 14.7. The number of phenolic OH excluding ortho intramolecular Hbond substituents is 3. The van der Waals surface area contributed by atoms with Gasteiger partial charge in [0, 0.05) is 38.0 Å². The highest BCUT2D eigenvalue weighted by Crippen LogP contribution is 2.38. The first kappa shape index (κ1) is 33.2. The van der Waals surface area contributed by atoms with Crippen molar-refractivity contribution in [2.75, 3.05) is 19.8 Å². The van der Waals surface area contributed by atoms with Crippen LogP contribution in [0.3, 0.4) is 0 Å². The average Bonchev–Trinajstić information content (AvgIpc) is 2.97. The molecule has 4 rings (SSSR count). The Balaban J connectivity index is 1.78. The van der Waals surface area contributed by atoms with E-state index in [0.717, 1.165) is 0 Å². The molecule has 0 saturated heterocycles. The topological polar surface area (TPSA) is 155 Å². The van der Waals surface area contributed by atoms with E-state index in [-0.39, 0.29) is 51.4 Å². The molecule has 3 aromatic carbocycles. The van der Waals surface area contributed by atoms with Crippen molar-refractivity contribution >= 4 is 0 Å². The molecule has 0 saturated carbocycles. The average molecular weight is 622 g/mol. The van der Waals surface area contributed by atoms with Crippen molar-refractivity contribution < 1.29 is 43.7 Å². The van der Waals surface area contributed by atoms with E-state index < -0.39 is 18.9 Å². The maximum absolute atomic E-state index is 11.0. The fourth-order valence-electron chi connectivity index (χ4n) is 4.44. The third kappa shape index (κ3) is 8.72. The van der Waals surface area contributed by atoms with Gasteiger partial charge in [-0.15, -0.1) is 0 Å². The van der Waals surface area contributed by atoms with Gasteiger partial charge >= 0.3 is 0 Å². The lowest BCUT2D eigenvalue weighted by Crippen LogP contribution is -2.15. The van der Waals surface area contributed by atoms with Crippen LogP contribution in [0, 0.1) is 0 Å². The molecule has 1 aromatic heterocycles. The molecule has 0 fully saturated rings. The van der Waals surface area contributed by atoms with Gasteiger partial charge < -0.3 is 43.7 Å². The number of phenols is 3. The van der Waals surface area contributed by atoms with E-state index in [1.165, 1.54) is 18.2 Å². The number of aromatic nitrogens is 3. The molecule has 1 heterocycles. The Bertz CT molecular complexity index is 1390. The van der Waals surface area contributed by atoms with Crippen molar-refractivity contribution in [1.82, 2.24) is 15.0 Å². The lowest BCUT2D eigenvalue weighted by molar-refractivity contribution is -0.0617. The molecular weight excluding hydrogens is 582 g/mol. The molecule has 4 aromatic rings. The fraction of sp³-hybridized carbons (Fsp3) is 0.364. The zero-order chi connectivity index (χ0) is 32.5. The normalized spacial score (nSPS) is 13.2. The maximum Gasteiger partial charge on any atom is 0.196 e. The smallest absolute Gasteiger partial charge is 0.196 e. The number of hydrogen-bond acceptors (Lipinski definition) is 12. The van der Waals surface area contributed by atoms with Crippen molar-refractivity contribution in [2.45, 2.75) is 60.4 Å². The van der Waals surface area contributed by atoms with Crippen LogP contribution in [-0.2, 0) is 14.2 Å². The van der Waals surface area contributed by atoms with E-state index in [4.69, 9.17) is 28.4 Å². The first-order valence-corrected chi connectivity index (χ1v) is 14.7. The summed E-state index contributed by atoms with van der Waals surface area (Å²) < 4.78 is 33.4. The van der Waals surface area contributed by atoms with Crippen molar-refractivity contribution in [1.29, 1.82) is 0 Å². The Morgan fingerprint density at radius 1 is 0.489 bits per heavy atom. The molecule has 3 N–H and O–H groups in total. The van der Waals surface area contributed by atoms with Crippen LogP contribution in [0.4, 0.5) is 0 Å². The summed E-state index contributed by atoms with van der Waals surface area (Å²) in [4.78, 5) is 13.7. The molecule has 0 aliphatic rings. The molecule has 240 valence electrons. The van der Waals surface area contributed by atoms with Crippen LogP contribution in [0.2, 0.25) is 0 Å². The maximum atomic E-state index is 11.0. The Morgan fingerprint density at radius 3 is 0.978 bits per heavy atom. The predicted molar refractivity (Wildman–Crippen MR) is 166 cm³/mol. The summed E-state index contributed by atoms with van der Waals surface area (Å²) in [6.45, 7) is 12.2. The molecule has 0 radical (unpaired) electrons. The van der Waals surface area contributed by atoms with Gasteiger partial charge in [0.15, 0.2) is 36.3 Å². The van der Waals surface area contributed by atoms with Crippen LogP contribution in [0.5, 0.6) is 34.5 Å². The van der Waals surface area contributed by atoms with E-state index in [0.29, 0.717) is 37.1 Å². The molecule has 0 aliphatic heterocycles. The summed E-state index contributed by atoms with van der Waals surface area (Å²) in [7, 11) is 0. The fourth-order valence-corrected chi connectivity index (χ4v) is 4.44. The van der Waals surface area contributed by atoms with E-state index >= 15 is 0 Å². The molecule has 0 spiro atoms. The highest BCUT2D eigenvalue weighted by atomic mass is 16.7. The quantitative estimate of drug-likeness (QED) is 0.128. The second kappa shape index (κ2) is 15.4. The van der Waals surface area contributed by atoms with Gasteiger partial charge in [-0.25, -0.2) is 15.0 Å². The molecule has 0 bridgehead atoms. The summed E-state index contributed by atoms with van der Waals surface area (Å²) in [6, 6.07) is 14.1. The summed E-state index contributed by atoms with van der Waals surface area (Å²) in [5, 5.41) is 32.9. The zero-order valence-electron chi connectivity index (χ0n) is 26.2. The van der Waals surface area contributed by atoms with Gasteiger partial charge in [0.2, 0.25) is 0 Å². The Morgan fingerprint density at radius 2 is 0.756 bits per heavy atom. The minimum atomic E-state index is -0.520. The third-order valence-electron chi connectivity index (χ3n) is 6.38. The summed E-state index contributed by atoms with van der Waals surface area (Å²) in [6.07, 6.45) is -1.56. The lowest BCUT2D eigenvalue weighted by Gasteiger charge is -2.16. The summed E-state index contributed by atoms with van der Waals surface area (Å²) in [5.74, 6) is 0.950. The van der Waals surface area contributed by atoms with Crippen molar-refractivity contribution in [2.24, 2.45) is 0 Å². The largest absolute Gasteiger partial charge is 0.507 e. The molecular formula is C33H39N3O9. The van der Waals surface area contributed by atoms with Crippen LogP contribution in [0.25, 0.3) is 34.2 Å². The number of benzene rings is 3. The van der Waals surface area contributed by atoms with Crippen molar-refractivity contribution in [3.8, 4) is 68.7 Å². The molecule has 0 amide bonds. The van der Waals surface area contributed by atoms with Crippen LogP contribution in [0.1, 0.15) is 41.5 Å². The van der Waals surface area contributed by atoms with Crippen molar-refractivity contribution in [3.63, 3.8) is 0 Å². The number of nitrogens with zero attached hydrogens (tertiary/aromatic N) is 3. The minimum Gasteiger partial charge on any atom is -0.507 e.